The van der Waals surface area contributed by atoms with Crippen LogP contribution in [0.2, 0.25) is 0 Å². The fourth-order valence-corrected chi connectivity index (χ4v) is 0.939. The van der Waals surface area contributed by atoms with Gasteiger partial charge in [0.2, 0.25) is 5.75 Å². The van der Waals surface area contributed by atoms with Gasteiger partial charge in [-0.05, 0) is 0 Å². The summed E-state index contributed by atoms with van der Waals surface area (Å²) in [5.41, 5.74) is 2.47. The molecular formula is C7H12N2O3. The van der Waals surface area contributed by atoms with Crippen LogP contribution < -0.4 is 20.7 Å². The van der Waals surface area contributed by atoms with Crippen molar-refractivity contribution < 1.29 is 13.9 Å². The zero-order valence-corrected chi connectivity index (χ0v) is 7.09. The van der Waals surface area contributed by atoms with Gasteiger partial charge in [0.15, 0.2) is 11.5 Å². The first-order valence-electron chi connectivity index (χ1n) is 3.45. The Bertz CT molecular complexity index is 247. The number of furan rings is 1. The lowest BCUT2D eigenvalue weighted by Crippen LogP contribution is -2.20. The van der Waals surface area contributed by atoms with Gasteiger partial charge in [-0.25, -0.2) is 0 Å². The largest absolute Gasteiger partial charge is 0.490 e. The number of hydrogen-bond acceptors (Lipinski definition) is 5. The minimum absolute atomic E-state index is 0.409. The van der Waals surface area contributed by atoms with Crippen LogP contribution in [0.1, 0.15) is 5.76 Å². The highest BCUT2D eigenvalue weighted by molar-refractivity contribution is 5.40. The molecule has 0 amide bonds. The van der Waals surface area contributed by atoms with Gasteiger partial charge in [-0.15, -0.1) is 0 Å². The molecule has 5 heteroatoms. The van der Waals surface area contributed by atoms with Gasteiger partial charge in [0.25, 0.3) is 0 Å². The molecule has 0 aliphatic rings. The number of methoxy groups -OCH3 is 2. The van der Waals surface area contributed by atoms with E-state index in [0.29, 0.717) is 23.8 Å². The quantitative estimate of drug-likeness (QED) is 0.503. The molecule has 1 heterocycles. The average molecular weight is 172 g/mol. The highest BCUT2D eigenvalue weighted by Crippen LogP contribution is 2.32. The van der Waals surface area contributed by atoms with Crippen LogP contribution in [0.25, 0.3) is 0 Å². The van der Waals surface area contributed by atoms with Crippen LogP contribution in [0.4, 0.5) is 0 Å². The minimum atomic E-state index is 0.409. The zero-order chi connectivity index (χ0) is 8.97. The summed E-state index contributed by atoms with van der Waals surface area (Å²) >= 11 is 0. The molecule has 1 rings (SSSR count). The second kappa shape index (κ2) is 3.99. The molecule has 3 N–H and O–H groups in total. The van der Waals surface area contributed by atoms with E-state index < -0.39 is 0 Å². The van der Waals surface area contributed by atoms with Crippen molar-refractivity contribution in [2.45, 2.75) is 6.54 Å². The summed E-state index contributed by atoms with van der Waals surface area (Å²) in [4.78, 5) is 0. The van der Waals surface area contributed by atoms with Crippen molar-refractivity contribution in [3.8, 4) is 11.5 Å². The van der Waals surface area contributed by atoms with E-state index in [-0.39, 0.29) is 0 Å². The average Bonchev–Trinajstić information content (AvgIpc) is 2.47. The highest BCUT2D eigenvalue weighted by Gasteiger charge is 2.13. The fourth-order valence-electron chi connectivity index (χ4n) is 0.939. The first kappa shape index (κ1) is 8.89. The van der Waals surface area contributed by atoms with Gasteiger partial charge in [-0.1, -0.05) is 0 Å². The summed E-state index contributed by atoms with van der Waals surface area (Å²) in [6, 6.07) is 0. The van der Waals surface area contributed by atoms with E-state index in [1.807, 2.05) is 0 Å². The van der Waals surface area contributed by atoms with E-state index >= 15 is 0 Å². The second-order valence-electron chi connectivity index (χ2n) is 2.14. The summed E-state index contributed by atoms with van der Waals surface area (Å²) in [6.07, 6.45) is 1.48. The van der Waals surface area contributed by atoms with E-state index in [9.17, 15) is 0 Å². The molecule has 0 bridgehead atoms. The predicted molar refractivity (Wildman–Crippen MR) is 42.8 cm³/mol. The summed E-state index contributed by atoms with van der Waals surface area (Å²) < 4.78 is 15.1. The number of nitrogens with one attached hydrogen (secondary N) is 1. The topological polar surface area (TPSA) is 69.7 Å². The maximum absolute atomic E-state index is 5.13. The van der Waals surface area contributed by atoms with Crippen LogP contribution in [0, 0.1) is 0 Å². The number of hydrogen-bond donors (Lipinski definition) is 2. The Morgan fingerprint density at radius 1 is 1.50 bits per heavy atom. The molecular weight excluding hydrogens is 160 g/mol. The van der Waals surface area contributed by atoms with Crippen LogP contribution >= 0.6 is 0 Å². The summed E-state index contributed by atoms with van der Waals surface area (Å²) in [7, 11) is 3.10. The third-order valence-electron chi connectivity index (χ3n) is 1.47. The van der Waals surface area contributed by atoms with Crippen LogP contribution in [0.3, 0.4) is 0 Å². The molecule has 0 spiro atoms. The van der Waals surface area contributed by atoms with E-state index in [2.05, 4.69) is 5.43 Å². The second-order valence-corrected chi connectivity index (χ2v) is 2.14. The number of rotatable bonds is 4. The van der Waals surface area contributed by atoms with Gasteiger partial charge < -0.3 is 13.9 Å². The Morgan fingerprint density at radius 3 is 2.75 bits per heavy atom. The van der Waals surface area contributed by atoms with Gasteiger partial charge in [-0.2, -0.15) is 0 Å². The van der Waals surface area contributed by atoms with Crippen molar-refractivity contribution in [3.05, 3.63) is 12.0 Å². The van der Waals surface area contributed by atoms with E-state index in [0.717, 1.165) is 0 Å². The van der Waals surface area contributed by atoms with Gasteiger partial charge in [0.1, 0.15) is 6.26 Å². The van der Waals surface area contributed by atoms with E-state index in [1.54, 1.807) is 14.2 Å². The Morgan fingerprint density at radius 2 is 2.25 bits per heavy atom. The maximum Gasteiger partial charge on any atom is 0.204 e. The standard InChI is InChI=1S/C7H12N2O3/c1-10-6-4-12-5(3-9-8)7(6)11-2/h4,9H,3,8H2,1-2H3. The molecule has 0 fully saturated rings. The Kier molecular flexibility index (Phi) is 2.95. The molecule has 0 radical (unpaired) electrons. The molecule has 1 aromatic heterocycles. The number of ether oxygens (including phenoxy) is 2. The van der Waals surface area contributed by atoms with Crippen LogP contribution in [-0.2, 0) is 6.54 Å². The van der Waals surface area contributed by atoms with Gasteiger partial charge in [0, 0.05) is 0 Å². The highest BCUT2D eigenvalue weighted by atomic mass is 16.5. The van der Waals surface area contributed by atoms with E-state index in [4.69, 9.17) is 19.7 Å². The lowest BCUT2D eigenvalue weighted by molar-refractivity contribution is 0.353. The molecule has 0 unspecified atom stereocenters. The third-order valence-corrected chi connectivity index (χ3v) is 1.47. The molecule has 0 saturated heterocycles. The number of nitrogens with two attached hydrogens (primary N) is 1. The van der Waals surface area contributed by atoms with Crippen molar-refractivity contribution in [1.82, 2.24) is 5.43 Å². The van der Waals surface area contributed by atoms with Gasteiger partial charge in [-0.3, -0.25) is 11.3 Å². The molecule has 0 saturated carbocycles. The van der Waals surface area contributed by atoms with Crippen LogP contribution in [0.5, 0.6) is 11.5 Å². The Balaban J connectivity index is 2.88. The SMILES string of the molecule is COc1coc(CNN)c1OC. The summed E-state index contributed by atoms with van der Waals surface area (Å²) in [5, 5.41) is 0. The normalized spacial score (nSPS) is 9.92. The van der Waals surface area contributed by atoms with Crippen molar-refractivity contribution in [1.29, 1.82) is 0 Å². The molecule has 1 aromatic rings. The first-order chi connectivity index (χ1) is 5.83. The molecule has 0 aliphatic heterocycles. The molecule has 0 aromatic carbocycles. The third kappa shape index (κ3) is 1.51. The molecule has 0 atom stereocenters. The summed E-state index contributed by atoms with van der Waals surface area (Å²) in [5.74, 6) is 6.90. The van der Waals surface area contributed by atoms with Gasteiger partial charge in [0.05, 0.1) is 20.8 Å². The lowest BCUT2D eigenvalue weighted by Gasteiger charge is -2.01. The minimum Gasteiger partial charge on any atom is -0.490 e. The van der Waals surface area contributed by atoms with Gasteiger partial charge >= 0.3 is 0 Å². The van der Waals surface area contributed by atoms with Crippen molar-refractivity contribution in [3.63, 3.8) is 0 Å². The molecule has 0 aliphatic carbocycles. The monoisotopic (exact) mass is 172 g/mol. The van der Waals surface area contributed by atoms with Crippen molar-refractivity contribution >= 4 is 0 Å². The van der Waals surface area contributed by atoms with Crippen LogP contribution in [-0.4, -0.2) is 14.2 Å². The molecule has 12 heavy (non-hydrogen) atoms. The maximum atomic E-state index is 5.13. The Hall–Kier alpha value is -1.20. The van der Waals surface area contributed by atoms with Crippen molar-refractivity contribution in [2.24, 2.45) is 5.84 Å². The number of hydrazine groups is 1. The van der Waals surface area contributed by atoms with Crippen LogP contribution in [0.15, 0.2) is 10.7 Å². The Labute approximate surface area is 70.4 Å². The zero-order valence-electron chi connectivity index (χ0n) is 7.09. The van der Waals surface area contributed by atoms with E-state index in [1.165, 1.54) is 6.26 Å². The smallest absolute Gasteiger partial charge is 0.204 e. The molecule has 68 valence electrons. The van der Waals surface area contributed by atoms with Crippen molar-refractivity contribution in [2.75, 3.05) is 14.2 Å². The lowest BCUT2D eigenvalue weighted by atomic mass is 10.4. The fraction of sp³-hybridized carbons (Fsp3) is 0.429. The molecule has 5 nitrogen and oxygen atoms in total. The first-order valence-corrected chi connectivity index (χ1v) is 3.45. The predicted octanol–water partition coefficient (Wildman–Crippen LogP) is 0.260. The summed E-state index contributed by atoms with van der Waals surface area (Å²) in [6.45, 7) is 0.409.